The quantitative estimate of drug-likeness (QED) is 0.653. The van der Waals surface area contributed by atoms with Crippen molar-refractivity contribution in [2.24, 2.45) is 16.6 Å². The van der Waals surface area contributed by atoms with Crippen LogP contribution in [0.5, 0.6) is 0 Å². The summed E-state index contributed by atoms with van der Waals surface area (Å²) in [6.45, 7) is 4.59. The summed E-state index contributed by atoms with van der Waals surface area (Å²) in [6, 6.07) is 5.16. The molecule has 0 aliphatic heterocycles. The van der Waals surface area contributed by atoms with Crippen LogP contribution in [0.3, 0.4) is 0 Å². The number of halogens is 3. The number of nitrogens with two attached hydrogens (primary N) is 1. The van der Waals surface area contributed by atoms with Crippen molar-refractivity contribution in [1.82, 2.24) is 0 Å². The molecule has 0 aliphatic rings. The lowest BCUT2D eigenvalue weighted by Crippen LogP contribution is -2.17. The summed E-state index contributed by atoms with van der Waals surface area (Å²) in [4.78, 5) is 4.12. The summed E-state index contributed by atoms with van der Waals surface area (Å²) >= 11 is 0. The van der Waals surface area contributed by atoms with E-state index in [2.05, 4.69) is 4.99 Å². The van der Waals surface area contributed by atoms with Crippen molar-refractivity contribution in [2.75, 3.05) is 6.54 Å². The van der Waals surface area contributed by atoms with E-state index in [1.165, 1.54) is 6.07 Å². The topological polar surface area (TPSA) is 38.4 Å². The second-order valence-electron chi connectivity index (χ2n) is 4.60. The Bertz CT molecular complexity index is 422. The molecule has 0 bridgehead atoms. The number of hydrogen-bond acceptors (Lipinski definition) is 1. The average Bonchev–Trinajstić information content (AvgIpc) is 2.25. The van der Waals surface area contributed by atoms with Gasteiger partial charge in [0.15, 0.2) is 0 Å². The van der Waals surface area contributed by atoms with E-state index in [-0.39, 0.29) is 6.42 Å². The molecule has 0 saturated heterocycles. The van der Waals surface area contributed by atoms with Crippen LogP contribution in [-0.4, -0.2) is 12.4 Å². The molecule has 1 aromatic carbocycles. The van der Waals surface area contributed by atoms with Crippen molar-refractivity contribution in [3.63, 3.8) is 0 Å². The number of alkyl halides is 3. The van der Waals surface area contributed by atoms with Crippen LogP contribution in [0.1, 0.15) is 25.0 Å². The minimum absolute atomic E-state index is 0.247. The van der Waals surface area contributed by atoms with Crippen molar-refractivity contribution in [2.45, 2.75) is 26.4 Å². The molecule has 0 radical (unpaired) electrons. The molecule has 100 valence electrons. The fourth-order valence-corrected chi connectivity index (χ4v) is 1.42. The summed E-state index contributed by atoms with van der Waals surface area (Å²) < 4.78 is 37.5. The van der Waals surface area contributed by atoms with E-state index in [0.29, 0.717) is 23.9 Å². The zero-order valence-corrected chi connectivity index (χ0v) is 10.5. The lowest BCUT2D eigenvalue weighted by molar-refractivity contribution is -0.137. The van der Waals surface area contributed by atoms with Crippen molar-refractivity contribution < 1.29 is 13.2 Å². The van der Waals surface area contributed by atoms with E-state index in [9.17, 15) is 13.2 Å². The second-order valence-corrected chi connectivity index (χ2v) is 4.60. The number of amidine groups is 1. The maximum absolute atomic E-state index is 12.5. The molecule has 1 rings (SSSR count). The highest BCUT2D eigenvalue weighted by Gasteiger charge is 2.30. The van der Waals surface area contributed by atoms with Gasteiger partial charge in [0, 0.05) is 13.0 Å². The van der Waals surface area contributed by atoms with Gasteiger partial charge in [0.1, 0.15) is 0 Å². The maximum atomic E-state index is 12.5. The Morgan fingerprint density at radius 1 is 1.33 bits per heavy atom. The summed E-state index contributed by atoms with van der Waals surface area (Å²) in [6.07, 6.45) is -4.07. The predicted octanol–water partition coefficient (Wildman–Crippen LogP) is 3.26. The lowest BCUT2D eigenvalue weighted by atomic mass is 10.1. The highest BCUT2D eigenvalue weighted by Crippen LogP contribution is 2.29. The average molecular weight is 258 g/mol. The SMILES string of the molecule is CC(C)CN=C(N)Cc1cccc(C(F)(F)F)c1. The molecule has 0 aromatic heterocycles. The summed E-state index contributed by atoms with van der Waals surface area (Å²) in [5.41, 5.74) is 5.55. The van der Waals surface area contributed by atoms with E-state index in [4.69, 9.17) is 5.73 Å². The number of rotatable bonds is 4. The van der Waals surface area contributed by atoms with E-state index >= 15 is 0 Å². The van der Waals surface area contributed by atoms with E-state index in [1.54, 1.807) is 6.07 Å². The van der Waals surface area contributed by atoms with Gasteiger partial charge in [-0.15, -0.1) is 0 Å². The van der Waals surface area contributed by atoms with Gasteiger partial charge in [0.05, 0.1) is 11.4 Å². The minimum Gasteiger partial charge on any atom is -0.387 e. The zero-order valence-electron chi connectivity index (χ0n) is 10.5. The number of aliphatic imine (C=N–C) groups is 1. The molecular weight excluding hydrogens is 241 g/mol. The molecule has 1 aromatic rings. The largest absolute Gasteiger partial charge is 0.416 e. The van der Waals surface area contributed by atoms with Crippen LogP contribution in [0.25, 0.3) is 0 Å². The summed E-state index contributed by atoms with van der Waals surface area (Å²) in [7, 11) is 0. The Morgan fingerprint density at radius 3 is 2.56 bits per heavy atom. The van der Waals surface area contributed by atoms with Crippen LogP contribution in [0.2, 0.25) is 0 Å². The van der Waals surface area contributed by atoms with Crippen molar-refractivity contribution in [3.05, 3.63) is 35.4 Å². The van der Waals surface area contributed by atoms with Gasteiger partial charge in [0.25, 0.3) is 0 Å². The van der Waals surface area contributed by atoms with Gasteiger partial charge in [-0.05, 0) is 17.5 Å². The van der Waals surface area contributed by atoms with Crippen LogP contribution < -0.4 is 5.73 Å². The number of benzene rings is 1. The summed E-state index contributed by atoms with van der Waals surface area (Å²) in [5.74, 6) is 0.744. The normalized spacial score (nSPS) is 13.1. The van der Waals surface area contributed by atoms with E-state index in [1.807, 2.05) is 13.8 Å². The first-order valence-corrected chi connectivity index (χ1v) is 5.74. The molecule has 18 heavy (non-hydrogen) atoms. The Hall–Kier alpha value is -1.52. The van der Waals surface area contributed by atoms with Crippen LogP contribution in [-0.2, 0) is 12.6 Å². The maximum Gasteiger partial charge on any atom is 0.416 e. The molecule has 2 nitrogen and oxygen atoms in total. The lowest BCUT2D eigenvalue weighted by Gasteiger charge is -2.09. The number of nitrogens with zero attached hydrogens (tertiary/aromatic N) is 1. The molecule has 2 N–H and O–H groups in total. The first kappa shape index (κ1) is 14.5. The first-order valence-electron chi connectivity index (χ1n) is 5.74. The molecule has 0 unspecified atom stereocenters. The standard InChI is InChI=1S/C13H17F3N2/c1-9(2)8-18-12(17)7-10-4-3-5-11(6-10)13(14,15)16/h3-6,9H,7-8H2,1-2H3,(H2,17,18). The van der Waals surface area contributed by atoms with Gasteiger partial charge in [-0.2, -0.15) is 13.2 Å². The van der Waals surface area contributed by atoms with Gasteiger partial charge in [-0.25, -0.2) is 0 Å². The van der Waals surface area contributed by atoms with Gasteiger partial charge in [-0.3, -0.25) is 4.99 Å². The molecule has 0 amide bonds. The predicted molar refractivity (Wildman–Crippen MR) is 66.5 cm³/mol. The molecule has 0 aliphatic carbocycles. The van der Waals surface area contributed by atoms with Crippen molar-refractivity contribution in [3.8, 4) is 0 Å². The summed E-state index contributed by atoms with van der Waals surface area (Å²) in [5, 5.41) is 0. The second kappa shape index (κ2) is 5.89. The highest BCUT2D eigenvalue weighted by atomic mass is 19.4. The molecule has 0 spiro atoms. The zero-order chi connectivity index (χ0) is 13.8. The Kier molecular flexibility index (Phi) is 4.76. The third kappa shape index (κ3) is 4.77. The van der Waals surface area contributed by atoms with Crippen LogP contribution in [0.15, 0.2) is 29.3 Å². The third-order valence-electron chi connectivity index (χ3n) is 2.30. The van der Waals surface area contributed by atoms with Crippen LogP contribution in [0.4, 0.5) is 13.2 Å². The van der Waals surface area contributed by atoms with Gasteiger partial charge in [0.2, 0.25) is 0 Å². The van der Waals surface area contributed by atoms with Crippen molar-refractivity contribution in [1.29, 1.82) is 0 Å². The fourth-order valence-electron chi connectivity index (χ4n) is 1.42. The Morgan fingerprint density at radius 2 is 2.00 bits per heavy atom. The molecule has 0 atom stereocenters. The van der Waals surface area contributed by atoms with E-state index < -0.39 is 11.7 Å². The van der Waals surface area contributed by atoms with Gasteiger partial charge < -0.3 is 5.73 Å². The van der Waals surface area contributed by atoms with Crippen LogP contribution >= 0.6 is 0 Å². The smallest absolute Gasteiger partial charge is 0.387 e. The molecular formula is C13H17F3N2. The molecule has 0 heterocycles. The van der Waals surface area contributed by atoms with Gasteiger partial charge >= 0.3 is 6.18 Å². The van der Waals surface area contributed by atoms with Crippen LogP contribution in [0, 0.1) is 5.92 Å². The minimum atomic E-state index is -4.32. The van der Waals surface area contributed by atoms with Gasteiger partial charge in [-0.1, -0.05) is 32.0 Å². The van der Waals surface area contributed by atoms with Crippen molar-refractivity contribution >= 4 is 5.84 Å². The Labute approximate surface area is 105 Å². The highest BCUT2D eigenvalue weighted by molar-refractivity contribution is 5.82. The van der Waals surface area contributed by atoms with E-state index in [0.717, 1.165) is 12.1 Å². The monoisotopic (exact) mass is 258 g/mol. The molecule has 0 saturated carbocycles. The Balaban J connectivity index is 2.77. The molecule has 5 heteroatoms. The molecule has 0 fully saturated rings. The fraction of sp³-hybridized carbons (Fsp3) is 0.462. The first-order chi connectivity index (χ1) is 8.29. The number of hydrogen-bond donors (Lipinski definition) is 1. The third-order valence-corrected chi connectivity index (χ3v) is 2.30.